The van der Waals surface area contributed by atoms with Crippen molar-refractivity contribution >= 4 is 17.6 Å². The molecule has 0 aliphatic carbocycles. The zero-order valence-corrected chi connectivity index (χ0v) is 16.1. The number of amides is 1. The molecule has 0 aromatic heterocycles. The molecular weight excluding hydrogens is 372 g/mol. The van der Waals surface area contributed by atoms with Crippen LogP contribution in [0.5, 0.6) is 5.75 Å². The Kier molecular flexibility index (Phi) is 6.82. The lowest BCUT2D eigenvalue weighted by molar-refractivity contribution is -0.123. The van der Waals surface area contributed by atoms with Crippen molar-refractivity contribution in [2.75, 3.05) is 18.5 Å². The summed E-state index contributed by atoms with van der Waals surface area (Å²) in [5, 5.41) is 11.4. The first kappa shape index (κ1) is 20.4. The molecule has 150 valence electrons. The SMILES string of the molecule is C[C@@H](OC(=O)c1ccc(OC[C@H]2CCCO2)cc1)C(=O)Nc1ccc(C#N)cc1. The molecule has 7 nitrogen and oxygen atoms in total. The Hall–Kier alpha value is -3.37. The summed E-state index contributed by atoms with van der Waals surface area (Å²) in [6.45, 7) is 2.75. The second-order valence-corrected chi connectivity index (χ2v) is 6.70. The van der Waals surface area contributed by atoms with E-state index in [1.54, 1.807) is 48.5 Å². The molecule has 0 spiro atoms. The number of hydrogen-bond acceptors (Lipinski definition) is 6. The first-order chi connectivity index (χ1) is 14.0. The van der Waals surface area contributed by atoms with E-state index in [4.69, 9.17) is 19.5 Å². The van der Waals surface area contributed by atoms with Gasteiger partial charge in [0.2, 0.25) is 0 Å². The smallest absolute Gasteiger partial charge is 0.338 e. The fraction of sp³-hybridized carbons (Fsp3) is 0.318. The van der Waals surface area contributed by atoms with E-state index < -0.39 is 18.0 Å². The van der Waals surface area contributed by atoms with E-state index in [9.17, 15) is 9.59 Å². The lowest BCUT2D eigenvalue weighted by atomic mass is 10.2. The summed E-state index contributed by atoms with van der Waals surface area (Å²) in [5.41, 5.74) is 1.34. The predicted molar refractivity (Wildman–Crippen MR) is 106 cm³/mol. The largest absolute Gasteiger partial charge is 0.491 e. The van der Waals surface area contributed by atoms with Gasteiger partial charge in [0, 0.05) is 12.3 Å². The zero-order valence-electron chi connectivity index (χ0n) is 16.1. The van der Waals surface area contributed by atoms with Crippen molar-refractivity contribution in [1.82, 2.24) is 0 Å². The molecule has 1 heterocycles. The Balaban J connectivity index is 1.48. The van der Waals surface area contributed by atoms with Crippen molar-refractivity contribution < 1.29 is 23.8 Å². The number of hydrogen-bond donors (Lipinski definition) is 1. The van der Waals surface area contributed by atoms with Gasteiger partial charge in [-0.2, -0.15) is 5.26 Å². The third-order valence-corrected chi connectivity index (χ3v) is 4.48. The van der Waals surface area contributed by atoms with Gasteiger partial charge in [-0.1, -0.05) is 0 Å². The molecule has 1 N–H and O–H groups in total. The molecule has 0 bridgehead atoms. The molecule has 2 aromatic carbocycles. The summed E-state index contributed by atoms with van der Waals surface area (Å²) in [7, 11) is 0. The monoisotopic (exact) mass is 394 g/mol. The summed E-state index contributed by atoms with van der Waals surface area (Å²) < 4.78 is 16.4. The number of anilines is 1. The van der Waals surface area contributed by atoms with Gasteiger partial charge in [0.05, 0.1) is 23.3 Å². The minimum atomic E-state index is -0.978. The van der Waals surface area contributed by atoms with Gasteiger partial charge in [-0.05, 0) is 68.3 Å². The van der Waals surface area contributed by atoms with Gasteiger partial charge in [0.1, 0.15) is 12.4 Å². The topological polar surface area (TPSA) is 97.7 Å². The van der Waals surface area contributed by atoms with Crippen molar-refractivity contribution in [3.8, 4) is 11.8 Å². The van der Waals surface area contributed by atoms with Crippen LogP contribution in [-0.4, -0.2) is 37.3 Å². The van der Waals surface area contributed by atoms with Gasteiger partial charge in [0.25, 0.3) is 5.91 Å². The minimum absolute atomic E-state index is 0.120. The second-order valence-electron chi connectivity index (χ2n) is 6.70. The highest BCUT2D eigenvalue weighted by Crippen LogP contribution is 2.17. The lowest BCUT2D eigenvalue weighted by Crippen LogP contribution is -2.30. The molecule has 29 heavy (non-hydrogen) atoms. The van der Waals surface area contributed by atoms with Crippen LogP contribution in [0.25, 0.3) is 0 Å². The van der Waals surface area contributed by atoms with Crippen LogP contribution < -0.4 is 10.1 Å². The average Bonchev–Trinajstić information content (AvgIpc) is 3.26. The van der Waals surface area contributed by atoms with Crippen LogP contribution >= 0.6 is 0 Å². The first-order valence-corrected chi connectivity index (χ1v) is 9.41. The fourth-order valence-corrected chi connectivity index (χ4v) is 2.81. The normalized spacial score (nSPS) is 16.5. The molecule has 1 aliphatic rings. The Morgan fingerprint density at radius 1 is 1.21 bits per heavy atom. The number of nitrogens with one attached hydrogen (secondary N) is 1. The molecule has 0 saturated carbocycles. The molecule has 7 heteroatoms. The summed E-state index contributed by atoms with van der Waals surface area (Å²) in [5.74, 6) is -0.415. The van der Waals surface area contributed by atoms with E-state index in [1.807, 2.05) is 6.07 Å². The summed E-state index contributed by atoms with van der Waals surface area (Å²) >= 11 is 0. The van der Waals surface area contributed by atoms with Crippen molar-refractivity contribution in [3.63, 3.8) is 0 Å². The standard InChI is InChI=1S/C22H22N2O5/c1-15(21(25)24-18-8-4-16(13-23)5-9-18)29-22(26)17-6-10-19(11-7-17)28-14-20-3-2-12-27-20/h4-11,15,20H,2-3,12,14H2,1H3,(H,24,25)/t15-,20-/m1/s1. The number of benzene rings is 2. The number of carbonyl (C=O) groups is 2. The highest BCUT2D eigenvalue weighted by molar-refractivity contribution is 5.97. The molecule has 1 aliphatic heterocycles. The van der Waals surface area contributed by atoms with Crippen molar-refractivity contribution in [3.05, 3.63) is 59.7 Å². The second kappa shape index (κ2) is 9.71. The van der Waals surface area contributed by atoms with Crippen LogP contribution in [-0.2, 0) is 14.3 Å². The summed E-state index contributed by atoms with van der Waals surface area (Å²) in [6, 6.07) is 15.0. The van der Waals surface area contributed by atoms with E-state index in [2.05, 4.69) is 5.32 Å². The number of rotatable bonds is 7. The maximum atomic E-state index is 12.3. The van der Waals surface area contributed by atoms with Gasteiger partial charge in [0.15, 0.2) is 6.10 Å². The highest BCUT2D eigenvalue weighted by Gasteiger charge is 2.20. The van der Waals surface area contributed by atoms with E-state index in [-0.39, 0.29) is 6.10 Å². The molecule has 2 atom stereocenters. The van der Waals surface area contributed by atoms with Crippen LogP contribution in [0.15, 0.2) is 48.5 Å². The molecule has 0 radical (unpaired) electrons. The molecule has 2 aromatic rings. The van der Waals surface area contributed by atoms with Gasteiger partial charge < -0.3 is 19.5 Å². The third-order valence-electron chi connectivity index (χ3n) is 4.48. The predicted octanol–water partition coefficient (Wildman–Crippen LogP) is 3.30. The maximum absolute atomic E-state index is 12.3. The van der Waals surface area contributed by atoms with Crippen molar-refractivity contribution in [2.45, 2.75) is 32.0 Å². The Morgan fingerprint density at radius 3 is 2.55 bits per heavy atom. The highest BCUT2D eigenvalue weighted by atomic mass is 16.5. The van der Waals surface area contributed by atoms with Crippen molar-refractivity contribution in [1.29, 1.82) is 5.26 Å². The van der Waals surface area contributed by atoms with Crippen molar-refractivity contribution in [2.24, 2.45) is 0 Å². The van der Waals surface area contributed by atoms with E-state index in [1.165, 1.54) is 6.92 Å². The molecule has 0 unspecified atom stereocenters. The van der Waals surface area contributed by atoms with Gasteiger partial charge in [-0.15, -0.1) is 0 Å². The number of carbonyl (C=O) groups excluding carboxylic acids is 2. The van der Waals surface area contributed by atoms with Crippen LogP contribution in [0.2, 0.25) is 0 Å². The van der Waals surface area contributed by atoms with Crippen LogP contribution in [0, 0.1) is 11.3 Å². The summed E-state index contributed by atoms with van der Waals surface area (Å²) in [4.78, 5) is 24.5. The molecule has 1 saturated heterocycles. The maximum Gasteiger partial charge on any atom is 0.338 e. The van der Waals surface area contributed by atoms with E-state index in [0.29, 0.717) is 29.2 Å². The van der Waals surface area contributed by atoms with Gasteiger partial charge >= 0.3 is 5.97 Å². The molecule has 1 fully saturated rings. The Labute approximate surface area is 169 Å². The summed E-state index contributed by atoms with van der Waals surface area (Å²) in [6.07, 6.45) is 1.19. The quantitative estimate of drug-likeness (QED) is 0.724. The number of esters is 1. The van der Waals surface area contributed by atoms with Gasteiger partial charge in [-0.3, -0.25) is 4.79 Å². The Morgan fingerprint density at radius 2 is 1.93 bits per heavy atom. The average molecular weight is 394 g/mol. The first-order valence-electron chi connectivity index (χ1n) is 9.41. The molecule has 3 rings (SSSR count). The van der Waals surface area contributed by atoms with Crippen LogP contribution in [0.1, 0.15) is 35.7 Å². The Bertz CT molecular complexity index is 881. The zero-order chi connectivity index (χ0) is 20.6. The third kappa shape index (κ3) is 5.80. The van der Waals surface area contributed by atoms with Crippen LogP contribution in [0.3, 0.4) is 0 Å². The fourth-order valence-electron chi connectivity index (χ4n) is 2.81. The van der Waals surface area contributed by atoms with E-state index in [0.717, 1.165) is 19.4 Å². The van der Waals surface area contributed by atoms with E-state index >= 15 is 0 Å². The van der Waals surface area contributed by atoms with Crippen LogP contribution in [0.4, 0.5) is 5.69 Å². The minimum Gasteiger partial charge on any atom is -0.491 e. The molecule has 1 amide bonds. The number of ether oxygens (including phenoxy) is 3. The van der Waals surface area contributed by atoms with Gasteiger partial charge in [-0.25, -0.2) is 4.79 Å². The number of nitriles is 1. The lowest BCUT2D eigenvalue weighted by Gasteiger charge is -2.14. The number of nitrogens with zero attached hydrogens (tertiary/aromatic N) is 1. The molecular formula is C22H22N2O5.